The maximum atomic E-state index is 13.2. The maximum Gasteiger partial charge on any atom is 0.171 e. The highest BCUT2D eigenvalue weighted by Gasteiger charge is 2.37. The average Bonchev–Trinajstić information content (AvgIpc) is 2.50. The van der Waals surface area contributed by atoms with Gasteiger partial charge in [-0.15, -0.1) is 0 Å². The Labute approximate surface area is 142 Å². The van der Waals surface area contributed by atoms with E-state index in [4.69, 9.17) is 23.8 Å². The first kappa shape index (κ1) is 17.4. The highest BCUT2D eigenvalue weighted by molar-refractivity contribution is 7.80. The van der Waals surface area contributed by atoms with Gasteiger partial charge in [-0.3, -0.25) is 0 Å². The summed E-state index contributed by atoms with van der Waals surface area (Å²) in [5.41, 5.74) is 0.934. The second-order valence-electron chi connectivity index (χ2n) is 6.28. The van der Waals surface area contributed by atoms with Crippen LogP contribution in [0.1, 0.15) is 32.1 Å². The zero-order chi connectivity index (χ0) is 16.2. The topological polar surface area (TPSA) is 28.5 Å². The molecule has 0 aromatic heterocycles. The molecule has 1 aromatic carbocycles. The van der Waals surface area contributed by atoms with Crippen molar-refractivity contribution in [1.82, 2.24) is 5.32 Å². The van der Waals surface area contributed by atoms with Gasteiger partial charge in [0.05, 0.1) is 25.7 Å². The van der Waals surface area contributed by atoms with Crippen molar-refractivity contribution < 1.29 is 9.29 Å². The Bertz CT molecular complexity index is 530. The van der Waals surface area contributed by atoms with Gasteiger partial charge < -0.3 is 15.5 Å². The Kier molecular flexibility index (Phi) is 6.01. The van der Waals surface area contributed by atoms with Crippen LogP contribution < -0.4 is 15.5 Å². The molecule has 0 bridgehead atoms. The molecule has 1 fully saturated rings. The number of quaternary nitrogens is 1. The van der Waals surface area contributed by atoms with Crippen LogP contribution in [0.3, 0.4) is 0 Å². The summed E-state index contributed by atoms with van der Waals surface area (Å²) in [6.07, 6.45) is 6.31. The molecular weight excluding hydrogens is 321 g/mol. The van der Waals surface area contributed by atoms with Crippen LogP contribution >= 0.6 is 23.8 Å². The van der Waals surface area contributed by atoms with E-state index in [1.54, 1.807) is 12.1 Å². The number of nitrogens with one attached hydrogen (secondary N) is 3. The first-order valence-electron chi connectivity index (χ1n) is 7.73. The second-order valence-corrected chi connectivity index (χ2v) is 7.09. The molecule has 2 rings (SSSR count). The van der Waals surface area contributed by atoms with Crippen molar-refractivity contribution in [1.29, 1.82) is 0 Å². The lowest BCUT2D eigenvalue weighted by atomic mass is 9.80. The van der Waals surface area contributed by atoms with E-state index in [0.29, 0.717) is 10.8 Å². The minimum Gasteiger partial charge on any atom is -0.356 e. The normalized spacial score (nSPS) is 17.3. The molecule has 0 saturated heterocycles. The Morgan fingerprint density at radius 2 is 2.00 bits per heavy atom. The summed E-state index contributed by atoms with van der Waals surface area (Å²) in [5.74, 6) is -0.427. The number of benzene rings is 1. The second kappa shape index (κ2) is 7.57. The van der Waals surface area contributed by atoms with Gasteiger partial charge >= 0.3 is 0 Å². The van der Waals surface area contributed by atoms with Gasteiger partial charge in [0, 0.05) is 18.5 Å². The molecule has 0 heterocycles. The number of halogens is 2. The molecule has 22 heavy (non-hydrogen) atoms. The monoisotopic (exact) mass is 344 g/mol. The molecule has 0 radical (unpaired) electrons. The Hall–Kier alpha value is -0.910. The molecule has 3 nitrogen and oxygen atoms in total. The number of thiocarbonyl (C=S) groups is 1. The highest BCUT2D eigenvalue weighted by atomic mass is 35.5. The van der Waals surface area contributed by atoms with Crippen LogP contribution in [0.5, 0.6) is 0 Å². The SMILES string of the molecule is C[NH+](C)C1(CNC(=S)Nc2ccc(F)c(Cl)c2)CCCCC1. The van der Waals surface area contributed by atoms with Gasteiger partial charge in [0.2, 0.25) is 0 Å². The van der Waals surface area contributed by atoms with E-state index in [2.05, 4.69) is 24.7 Å². The third-order valence-corrected chi connectivity index (χ3v) is 5.17. The standard InChI is InChI=1S/C16H23ClFN3S/c1-21(2)16(8-4-3-5-9-16)11-19-15(22)20-12-6-7-14(18)13(17)10-12/h6-7,10H,3-5,8-9,11H2,1-2H3,(H2,19,20,22)/p+1. The fourth-order valence-electron chi connectivity index (χ4n) is 3.08. The molecule has 1 saturated carbocycles. The van der Waals surface area contributed by atoms with E-state index >= 15 is 0 Å². The number of hydrogen-bond donors (Lipinski definition) is 3. The molecule has 1 aromatic rings. The first-order chi connectivity index (χ1) is 10.4. The Morgan fingerprint density at radius 1 is 1.32 bits per heavy atom. The van der Waals surface area contributed by atoms with E-state index in [1.807, 2.05) is 0 Å². The third kappa shape index (κ3) is 4.31. The molecule has 0 aliphatic heterocycles. The van der Waals surface area contributed by atoms with E-state index in [9.17, 15) is 4.39 Å². The van der Waals surface area contributed by atoms with Crippen molar-refractivity contribution in [2.75, 3.05) is 26.0 Å². The lowest BCUT2D eigenvalue weighted by Crippen LogP contribution is -3.16. The summed E-state index contributed by atoms with van der Waals surface area (Å²) in [4.78, 5) is 1.47. The summed E-state index contributed by atoms with van der Waals surface area (Å²) in [5, 5.41) is 7.03. The lowest BCUT2D eigenvalue weighted by Gasteiger charge is -2.40. The van der Waals surface area contributed by atoms with E-state index in [1.165, 1.54) is 43.1 Å². The highest BCUT2D eigenvalue weighted by Crippen LogP contribution is 2.25. The molecular formula is C16H24ClFN3S+. The van der Waals surface area contributed by atoms with Crippen LogP contribution in [0.4, 0.5) is 10.1 Å². The third-order valence-electron chi connectivity index (χ3n) is 4.64. The van der Waals surface area contributed by atoms with Crippen molar-refractivity contribution >= 4 is 34.6 Å². The van der Waals surface area contributed by atoms with E-state index < -0.39 is 5.82 Å². The molecule has 3 N–H and O–H groups in total. The van der Waals surface area contributed by atoms with Crippen molar-refractivity contribution in [3.8, 4) is 0 Å². The van der Waals surface area contributed by atoms with Gasteiger partial charge in [0.25, 0.3) is 0 Å². The largest absolute Gasteiger partial charge is 0.356 e. The van der Waals surface area contributed by atoms with Crippen LogP contribution in [0, 0.1) is 5.82 Å². The number of hydrogen-bond acceptors (Lipinski definition) is 1. The predicted octanol–water partition coefficient (Wildman–Crippen LogP) is 2.61. The number of rotatable bonds is 4. The predicted molar refractivity (Wildman–Crippen MR) is 94.3 cm³/mol. The van der Waals surface area contributed by atoms with Crippen LogP contribution in [0.15, 0.2) is 18.2 Å². The van der Waals surface area contributed by atoms with Crippen molar-refractivity contribution in [2.45, 2.75) is 37.6 Å². The minimum absolute atomic E-state index is 0.0919. The van der Waals surface area contributed by atoms with Crippen molar-refractivity contribution in [3.05, 3.63) is 29.0 Å². The van der Waals surface area contributed by atoms with Crippen LogP contribution in [-0.2, 0) is 0 Å². The maximum absolute atomic E-state index is 13.2. The minimum atomic E-state index is -0.427. The zero-order valence-electron chi connectivity index (χ0n) is 13.1. The zero-order valence-corrected chi connectivity index (χ0v) is 14.7. The molecule has 0 atom stereocenters. The number of anilines is 1. The number of likely N-dealkylation sites (N-methyl/N-ethyl adjacent to an activating group) is 1. The first-order valence-corrected chi connectivity index (χ1v) is 8.52. The van der Waals surface area contributed by atoms with Crippen LogP contribution in [0.25, 0.3) is 0 Å². The fraction of sp³-hybridized carbons (Fsp3) is 0.562. The van der Waals surface area contributed by atoms with Crippen LogP contribution in [-0.4, -0.2) is 31.3 Å². The quantitative estimate of drug-likeness (QED) is 0.733. The van der Waals surface area contributed by atoms with Gasteiger partial charge in [-0.05, 0) is 43.3 Å². The summed E-state index contributed by atoms with van der Waals surface area (Å²) < 4.78 is 13.2. The Balaban J connectivity index is 1.92. The van der Waals surface area contributed by atoms with Crippen molar-refractivity contribution in [3.63, 3.8) is 0 Å². The van der Waals surface area contributed by atoms with Gasteiger partial charge in [-0.1, -0.05) is 18.0 Å². The summed E-state index contributed by atoms with van der Waals surface area (Å²) in [7, 11) is 4.42. The molecule has 6 heteroatoms. The van der Waals surface area contributed by atoms with Gasteiger partial charge in [-0.2, -0.15) is 0 Å². The van der Waals surface area contributed by atoms with Gasteiger partial charge in [0.15, 0.2) is 5.11 Å². The molecule has 122 valence electrons. The van der Waals surface area contributed by atoms with E-state index in [-0.39, 0.29) is 10.6 Å². The van der Waals surface area contributed by atoms with Crippen LogP contribution in [0.2, 0.25) is 5.02 Å². The summed E-state index contributed by atoms with van der Waals surface area (Å²) >= 11 is 11.1. The lowest BCUT2D eigenvalue weighted by molar-refractivity contribution is -0.916. The Morgan fingerprint density at radius 3 is 2.59 bits per heavy atom. The van der Waals surface area contributed by atoms with Gasteiger partial charge in [0.1, 0.15) is 11.4 Å². The summed E-state index contributed by atoms with van der Waals surface area (Å²) in [6.45, 7) is 0.843. The van der Waals surface area contributed by atoms with E-state index in [0.717, 1.165) is 6.54 Å². The van der Waals surface area contributed by atoms with Gasteiger partial charge in [-0.25, -0.2) is 4.39 Å². The molecule has 0 spiro atoms. The average molecular weight is 345 g/mol. The smallest absolute Gasteiger partial charge is 0.171 e. The molecule has 0 unspecified atom stereocenters. The summed E-state index contributed by atoms with van der Waals surface area (Å²) in [6, 6.07) is 4.50. The molecule has 1 aliphatic rings. The molecule has 0 amide bonds. The van der Waals surface area contributed by atoms with Crippen molar-refractivity contribution in [2.24, 2.45) is 0 Å². The molecule has 1 aliphatic carbocycles. The fourth-order valence-corrected chi connectivity index (χ4v) is 3.45.